The number of nitrogens with zero attached hydrogens (tertiary/aromatic N) is 2. The minimum Gasteiger partial charge on any atom is -0.325 e. The number of hydrogen-bond acceptors (Lipinski definition) is 5. The minimum absolute atomic E-state index is 0.165. The lowest BCUT2D eigenvalue weighted by molar-refractivity contribution is -0.113. The van der Waals surface area contributed by atoms with E-state index in [2.05, 4.69) is 16.4 Å². The van der Waals surface area contributed by atoms with Gasteiger partial charge in [0.1, 0.15) is 11.1 Å². The number of carbonyl (C=O) groups is 1. The molecule has 2 heterocycles. The van der Waals surface area contributed by atoms with Crippen LogP contribution in [0.4, 0.5) is 5.69 Å². The molecule has 0 spiro atoms. The Labute approximate surface area is 158 Å². The third kappa shape index (κ3) is 4.60. The molecule has 25 heavy (non-hydrogen) atoms. The lowest BCUT2D eigenvalue weighted by Crippen LogP contribution is -2.14. The van der Waals surface area contributed by atoms with E-state index >= 15 is 0 Å². The number of thiophene rings is 1. The molecule has 4 nitrogen and oxygen atoms in total. The molecule has 3 aromatic rings. The van der Waals surface area contributed by atoms with Crippen molar-refractivity contribution in [3.8, 4) is 16.6 Å². The van der Waals surface area contributed by atoms with Gasteiger partial charge in [0.15, 0.2) is 0 Å². The van der Waals surface area contributed by atoms with E-state index < -0.39 is 0 Å². The van der Waals surface area contributed by atoms with Crippen LogP contribution < -0.4 is 5.32 Å². The lowest BCUT2D eigenvalue weighted by Gasteiger charge is -2.07. The molecule has 124 valence electrons. The molecular formula is C18H12ClN3OS2. The fourth-order valence-electron chi connectivity index (χ4n) is 2.06. The first-order valence-electron chi connectivity index (χ1n) is 7.29. The Morgan fingerprint density at radius 3 is 2.72 bits per heavy atom. The first kappa shape index (κ1) is 17.5. The van der Waals surface area contributed by atoms with E-state index in [1.807, 2.05) is 23.6 Å². The third-order valence-electron chi connectivity index (χ3n) is 3.22. The summed E-state index contributed by atoms with van der Waals surface area (Å²) in [5, 5.41) is 15.2. The Balaban J connectivity index is 1.69. The van der Waals surface area contributed by atoms with Gasteiger partial charge in [-0.25, -0.2) is 4.98 Å². The van der Waals surface area contributed by atoms with Gasteiger partial charge >= 0.3 is 0 Å². The van der Waals surface area contributed by atoms with Gasteiger partial charge in [0.25, 0.3) is 0 Å². The molecule has 3 rings (SSSR count). The first-order valence-corrected chi connectivity index (χ1v) is 9.53. The second-order valence-corrected chi connectivity index (χ2v) is 7.33. The zero-order valence-corrected chi connectivity index (χ0v) is 15.3. The molecular weight excluding hydrogens is 374 g/mol. The fraction of sp³-hybridized carbons (Fsp3) is 0.0556. The molecule has 0 fully saturated rings. The molecule has 0 aliphatic rings. The zero-order chi connectivity index (χ0) is 17.6. The summed E-state index contributed by atoms with van der Waals surface area (Å²) in [4.78, 5) is 17.7. The van der Waals surface area contributed by atoms with Crippen LogP contribution in [0.2, 0.25) is 5.02 Å². The van der Waals surface area contributed by atoms with Crippen LogP contribution in [0.5, 0.6) is 0 Å². The Hall–Kier alpha value is -2.33. The highest BCUT2D eigenvalue weighted by Crippen LogP contribution is 2.28. The predicted octanol–water partition coefficient (Wildman–Crippen LogP) is 5.07. The van der Waals surface area contributed by atoms with Gasteiger partial charge in [0.05, 0.1) is 21.9 Å². The number of hydrogen-bond donors (Lipinski definition) is 1. The van der Waals surface area contributed by atoms with E-state index in [0.29, 0.717) is 21.3 Å². The number of nitriles is 1. The van der Waals surface area contributed by atoms with Gasteiger partial charge in [-0.15, -0.1) is 11.3 Å². The standard InChI is InChI=1S/C18H12ClN3OS2/c19-13-4-6-14(7-5-13)21-17(23)11-25-18-12(10-20)3-8-15(22-18)16-2-1-9-24-16/h1-9H,11H2,(H,21,23). The molecule has 0 saturated carbocycles. The Bertz CT molecular complexity index is 918. The summed E-state index contributed by atoms with van der Waals surface area (Å²) in [6.07, 6.45) is 0. The summed E-state index contributed by atoms with van der Waals surface area (Å²) >= 11 is 8.65. The highest BCUT2D eigenvalue weighted by Gasteiger charge is 2.11. The topological polar surface area (TPSA) is 65.8 Å². The Morgan fingerprint density at radius 2 is 2.04 bits per heavy atom. The van der Waals surface area contributed by atoms with Gasteiger partial charge in [0.2, 0.25) is 5.91 Å². The first-order chi connectivity index (χ1) is 12.2. The van der Waals surface area contributed by atoms with Crippen molar-refractivity contribution in [1.29, 1.82) is 5.26 Å². The molecule has 1 N–H and O–H groups in total. The molecule has 0 radical (unpaired) electrons. The van der Waals surface area contributed by atoms with E-state index in [1.165, 1.54) is 11.8 Å². The van der Waals surface area contributed by atoms with Crippen molar-refractivity contribution in [3.05, 3.63) is 64.5 Å². The average Bonchev–Trinajstić information content (AvgIpc) is 3.16. The number of nitrogens with one attached hydrogen (secondary N) is 1. The molecule has 0 saturated heterocycles. The van der Waals surface area contributed by atoms with Crippen molar-refractivity contribution in [2.75, 3.05) is 11.1 Å². The summed E-state index contributed by atoms with van der Waals surface area (Å²) in [5.74, 6) is -0.00221. The number of pyridine rings is 1. The molecule has 1 aromatic carbocycles. The molecule has 0 atom stereocenters. The molecule has 0 bridgehead atoms. The van der Waals surface area contributed by atoms with Gasteiger partial charge in [-0.3, -0.25) is 4.79 Å². The SMILES string of the molecule is N#Cc1ccc(-c2cccs2)nc1SCC(=O)Nc1ccc(Cl)cc1. The zero-order valence-electron chi connectivity index (χ0n) is 12.9. The van der Waals surface area contributed by atoms with E-state index in [1.54, 1.807) is 41.7 Å². The van der Waals surface area contributed by atoms with Crippen molar-refractivity contribution in [3.63, 3.8) is 0 Å². The summed E-state index contributed by atoms with van der Waals surface area (Å²) in [7, 11) is 0. The smallest absolute Gasteiger partial charge is 0.234 e. The second-order valence-electron chi connectivity index (χ2n) is 4.98. The fourth-order valence-corrected chi connectivity index (χ4v) is 3.65. The van der Waals surface area contributed by atoms with Crippen LogP contribution in [-0.4, -0.2) is 16.6 Å². The molecule has 0 aliphatic heterocycles. The van der Waals surface area contributed by atoms with Gasteiger partial charge in [-0.2, -0.15) is 5.26 Å². The van der Waals surface area contributed by atoms with Crippen molar-refractivity contribution >= 4 is 46.3 Å². The van der Waals surface area contributed by atoms with Crippen LogP contribution in [0.1, 0.15) is 5.56 Å². The summed E-state index contributed by atoms with van der Waals surface area (Å²) < 4.78 is 0. The van der Waals surface area contributed by atoms with Crippen molar-refractivity contribution < 1.29 is 4.79 Å². The molecule has 2 aromatic heterocycles. The van der Waals surface area contributed by atoms with E-state index in [0.717, 1.165) is 10.6 Å². The van der Waals surface area contributed by atoms with Crippen molar-refractivity contribution in [2.45, 2.75) is 5.03 Å². The van der Waals surface area contributed by atoms with Crippen LogP contribution in [-0.2, 0) is 4.79 Å². The molecule has 0 unspecified atom stereocenters. The maximum atomic E-state index is 12.1. The highest BCUT2D eigenvalue weighted by molar-refractivity contribution is 8.00. The van der Waals surface area contributed by atoms with Crippen molar-refractivity contribution in [1.82, 2.24) is 4.98 Å². The quantitative estimate of drug-likeness (QED) is 0.623. The predicted molar refractivity (Wildman–Crippen MR) is 103 cm³/mol. The largest absolute Gasteiger partial charge is 0.325 e. The number of thioether (sulfide) groups is 1. The molecule has 7 heteroatoms. The monoisotopic (exact) mass is 385 g/mol. The summed E-state index contributed by atoms with van der Waals surface area (Å²) in [6.45, 7) is 0. The number of amides is 1. The van der Waals surface area contributed by atoms with Crippen molar-refractivity contribution in [2.24, 2.45) is 0 Å². The number of rotatable bonds is 5. The maximum absolute atomic E-state index is 12.1. The van der Waals surface area contributed by atoms with Crippen LogP contribution in [0.3, 0.4) is 0 Å². The molecule has 0 aliphatic carbocycles. The third-order valence-corrected chi connectivity index (χ3v) is 5.36. The normalized spacial score (nSPS) is 10.2. The summed E-state index contributed by atoms with van der Waals surface area (Å²) in [6, 6.07) is 16.5. The van der Waals surface area contributed by atoms with Crippen LogP contribution >= 0.6 is 34.7 Å². The number of halogens is 1. The average molecular weight is 386 g/mol. The molecule has 1 amide bonds. The maximum Gasteiger partial charge on any atom is 0.234 e. The van der Waals surface area contributed by atoms with E-state index in [-0.39, 0.29) is 11.7 Å². The van der Waals surface area contributed by atoms with Gasteiger partial charge in [-0.05, 0) is 47.8 Å². The van der Waals surface area contributed by atoms with Crippen LogP contribution in [0.15, 0.2) is 58.9 Å². The van der Waals surface area contributed by atoms with Gasteiger partial charge < -0.3 is 5.32 Å². The van der Waals surface area contributed by atoms with Crippen LogP contribution in [0.25, 0.3) is 10.6 Å². The Kier molecular flexibility index (Phi) is 5.71. The Morgan fingerprint density at radius 1 is 1.24 bits per heavy atom. The summed E-state index contributed by atoms with van der Waals surface area (Å²) in [5.41, 5.74) is 1.94. The van der Waals surface area contributed by atoms with E-state index in [4.69, 9.17) is 11.6 Å². The minimum atomic E-state index is -0.167. The van der Waals surface area contributed by atoms with Gasteiger partial charge in [0, 0.05) is 10.7 Å². The number of anilines is 1. The number of aromatic nitrogens is 1. The van der Waals surface area contributed by atoms with Gasteiger partial charge in [-0.1, -0.05) is 29.4 Å². The highest BCUT2D eigenvalue weighted by atomic mass is 35.5. The number of carbonyl (C=O) groups excluding carboxylic acids is 1. The van der Waals surface area contributed by atoms with E-state index in [9.17, 15) is 10.1 Å². The second kappa shape index (κ2) is 8.17. The lowest BCUT2D eigenvalue weighted by atomic mass is 10.2. The number of benzene rings is 1. The van der Waals surface area contributed by atoms with Crippen LogP contribution in [0, 0.1) is 11.3 Å².